The molecule has 0 unspecified atom stereocenters. The third-order valence-corrected chi connectivity index (χ3v) is 3.74. The third-order valence-electron chi connectivity index (χ3n) is 3.74. The smallest absolute Gasteiger partial charge is 0.264 e. The summed E-state index contributed by atoms with van der Waals surface area (Å²) in [7, 11) is 0. The van der Waals surface area contributed by atoms with Gasteiger partial charge in [-0.15, -0.1) is 0 Å². The highest BCUT2D eigenvalue weighted by Gasteiger charge is 2.14. The average molecular weight is 335 g/mol. The lowest BCUT2D eigenvalue weighted by molar-refractivity contribution is 0.234. The van der Waals surface area contributed by atoms with Crippen molar-refractivity contribution >= 4 is 10.9 Å². The van der Waals surface area contributed by atoms with E-state index < -0.39 is 5.82 Å². The molecule has 0 saturated heterocycles. The van der Waals surface area contributed by atoms with Crippen molar-refractivity contribution in [2.75, 3.05) is 0 Å². The third kappa shape index (κ3) is 3.06. The first kappa shape index (κ1) is 15.3. The zero-order valence-corrected chi connectivity index (χ0v) is 13.4. The quantitative estimate of drug-likeness (QED) is 0.556. The second kappa shape index (κ2) is 6.32. The van der Waals surface area contributed by atoms with Gasteiger partial charge < -0.3 is 9.26 Å². The highest BCUT2D eigenvalue weighted by molar-refractivity contribution is 5.92. The summed E-state index contributed by atoms with van der Waals surface area (Å²) < 4.78 is 24.2. The number of fused-ring (bicyclic) bond motifs is 1. The molecule has 0 saturated carbocycles. The summed E-state index contributed by atoms with van der Waals surface area (Å²) in [6.45, 7) is 1.91. The topological polar surface area (TPSA) is 61.0 Å². The molecule has 0 aliphatic carbocycles. The van der Waals surface area contributed by atoms with Crippen LogP contribution >= 0.6 is 0 Å². The summed E-state index contributed by atoms with van der Waals surface area (Å²) in [5, 5.41) is 4.96. The van der Waals surface area contributed by atoms with Crippen LogP contribution in [0.3, 0.4) is 0 Å². The van der Waals surface area contributed by atoms with Crippen LogP contribution in [0.5, 0.6) is 5.75 Å². The molecule has 0 N–H and O–H groups in total. The van der Waals surface area contributed by atoms with Crippen molar-refractivity contribution in [3.05, 3.63) is 72.0 Å². The minimum atomic E-state index is -0.432. The van der Waals surface area contributed by atoms with Gasteiger partial charge in [-0.25, -0.2) is 4.39 Å². The van der Waals surface area contributed by atoms with Gasteiger partial charge in [-0.2, -0.15) is 4.98 Å². The number of hydrogen-bond donors (Lipinski definition) is 0. The van der Waals surface area contributed by atoms with Crippen LogP contribution < -0.4 is 4.74 Å². The molecular formula is C19H14FN3O2. The van der Waals surface area contributed by atoms with Crippen molar-refractivity contribution in [3.8, 4) is 17.1 Å². The van der Waals surface area contributed by atoms with Gasteiger partial charge in [0.05, 0.1) is 5.52 Å². The molecule has 0 atom stereocenters. The van der Waals surface area contributed by atoms with Crippen LogP contribution in [-0.4, -0.2) is 15.1 Å². The monoisotopic (exact) mass is 335 g/mol. The van der Waals surface area contributed by atoms with Gasteiger partial charge in [-0.05, 0) is 31.2 Å². The van der Waals surface area contributed by atoms with Crippen molar-refractivity contribution in [2.24, 2.45) is 0 Å². The van der Waals surface area contributed by atoms with Gasteiger partial charge in [0.1, 0.15) is 0 Å². The maximum absolute atomic E-state index is 13.6. The van der Waals surface area contributed by atoms with E-state index >= 15 is 0 Å². The van der Waals surface area contributed by atoms with Crippen LogP contribution in [0, 0.1) is 12.7 Å². The largest absolute Gasteiger partial charge is 0.481 e. The van der Waals surface area contributed by atoms with E-state index in [0.29, 0.717) is 5.82 Å². The molecule has 0 bridgehead atoms. The second-order valence-corrected chi connectivity index (χ2v) is 5.56. The highest BCUT2D eigenvalue weighted by Crippen LogP contribution is 2.26. The Balaban J connectivity index is 1.63. The molecule has 0 aliphatic heterocycles. The molecule has 4 aromatic rings. The first-order valence-electron chi connectivity index (χ1n) is 7.77. The zero-order chi connectivity index (χ0) is 17.2. The number of nitrogens with zero attached hydrogens (tertiary/aromatic N) is 3. The Morgan fingerprint density at radius 2 is 1.84 bits per heavy atom. The van der Waals surface area contributed by atoms with E-state index in [4.69, 9.17) is 9.26 Å². The van der Waals surface area contributed by atoms with Crippen LogP contribution in [0.25, 0.3) is 22.3 Å². The second-order valence-electron chi connectivity index (χ2n) is 5.56. The standard InChI is InChI=1S/C19H14FN3O2/c1-12-10-14(13-6-2-4-8-16(13)21-12)19-22-18(25-23-19)11-24-17-9-5-3-7-15(17)20/h2-10H,11H2,1H3. The summed E-state index contributed by atoms with van der Waals surface area (Å²) in [6, 6.07) is 15.9. The molecule has 5 nitrogen and oxygen atoms in total. The molecule has 2 aromatic heterocycles. The van der Waals surface area contributed by atoms with Gasteiger partial charge in [0, 0.05) is 16.6 Å². The van der Waals surface area contributed by atoms with Crippen LogP contribution in [0.2, 0.25) is 0 Å². The Hall–Kier alpha value is -3.28. The van der Waals surface area contributed by atoms with E-state index in [9.17, 15) is 4.39 Å². The van der Waals surface area contributed by atoms with E-state index in [1.807, 2.05) is 37.3 Å². The van der Waals surface area contributed by atoms with Crippen molar-refractivity contribution in [1.82, 2.24) is 15.1 Å². The Morgan fingerprint density at radius 1 is 1.04 bits per heavy atom. The number of ether oxygens (including phenoxy) is 1. The van der Waals surface area contributed by atoms with Crippen molar-refractivity contribution in [1.29, 1.82) is 0 Å². The highest BCUT2D eigenvalue weighted by atomic mass is 19.1. The lowest BCUT2D eigenvalue weighted by Crippen LogP contribution is -1.97. The van der Waals surface area contributed by atoms with E-state index in [0.717, 1.165) is 22.2 Å². The van der Waals surface area contributed by atoms with Gasteiger partial charge in [-0.3, -0.25) is 4.98 Å². The zero-order valence-electron chi connectivity index (χ0n) is 13.4. The molecular weight excluding hydrogens is 321 g/mol. The number of halogens is 1. The molecule has 0 aliphatic rings. The maximum atomic E-state index is 13.6. The first-order valence-corrected chi connectivity index (χ1v) is 7.77. The predicted octanol–water partition coefficient (Wildman–Crippen LogP) is 4.31. The fraction of sp³-hybridized carbons (Fsp3) is 0.105. The van der Waals surface area contributed by atoms with Gasteiger partial charge in [0.2, 0.25) is 5.82 Å². The lowest BCUT2D eigenvalue weighted by Gasteiger charge is -2.04. The van der Waals surface area contributed by atoms with Crippen molar-refractivity contribution in [2.45, 2.75) is 13.5 Å². The molecule has 4 rings (SSSR count). The number of aryl methyl sites for hydroxylation is 1. The molecule has 124 valence electrons. The Bertz CT molecular complexity index is 1050. The molecule has 0 amide bonds. The normalized spacial score (nSPS) is 11.0. The van der Waals surface area contributed by atoms with Gasteiger partial charge in [0.15, 0.2) is 18.2 Å². The Kier molecular flexibility index (Phi) is 3.85. The molecule has 2 aromatic carbocycles. The number of pyridine rings is 1. The minimum absolute atomic E-state index is 0.00404. The Morgan fingerprint density at radius 3 is 2.72 bits per heavy atom. The first-order chi connectivity index (χ1) is 12.2. The van der Waals surface area contributed by atoms with Crippen molar-refractivity contribution in [3.63, 3.8) is 0 Å². The van der Waals surface area contributed by atoms with Gasteiger partial charge >= 0.3 is 0 Å². The summed E-state index contributed by atoms with van der Waals surface area (Å²) in [6.07, 6.45) is 0. The molecule has 0 spiro atoms. The SMILES string of the molecule is Cc1cc(-c2noc(COc3ccccc3F)n2)c2ccccc2n1. The number of aromatic nitrogens is 3. The minimum Gasteiger partial charge on any atom is -0.481 e. The molecule has 0 fully saturated rings. The van der Waals surface area contributed by atoms with E-state index in [1.165, 1.54) is 6.07 Å². The number of hydrogen-bond acceptors (Lipinski definition) is 5. The lowest BCUT2D eigenvalue weighted by atomic mass is 10.1. The van der Waals surface area contributed by atoms with Crippen LogP contribution in [-0.2, 0) is 6.61 Å². The van der Waals surface area contributed by atoms with E-state index in [-0.39, 0.29) is 18.2 Å². The molecule has 0 radical (unpaired) electrons. The summed E-state index contributed by atoms with van der Waals surface area (Å²) >= 11 is 0. The number of rotatable bonds is 4. The Labute approximate surface area is 143 Å². The number of benzene rings is 2. The number of para-hydroxylation sites is 2. The van der Waals surface area contributed by atoms with E-state index in [2.05, 4.69) is 15.1 Å². The van der Waals surface area contributed by atoms with Gasteiger partial charge in [0.25, 0.3) is 5.89 Å². The van der Waals surface area contributed by atoms with Crippen LogP contribution in [0.15, 0.2) is 59.1 Å². The van der Waals surface area contributed by atoms with Gasteiger partial charge in [-0.1, -0.05) is 35.5 Å². The summed E-state index contributed by atoms with van der Waals surface area (Å²) in [5.74, 6) is 0.441. The average Bonchev–Trinajstić information content (AvgIpc) is 3.09. The fourth-order valence-electron chi connectivity index (χ4n) is 2.62. The molecule has 6 heteroatoms. The van der Waals surface area contributed by atoms with Crippen LogP contribution in [0.1, 0.15) is 11.6 Å². The fourth-order valence-corrected chi connectivity index (χ4v) is 2.62. The van der Waals surface area contributed by atoms with Crippen molar-refractivity contribution < 1.29 is 13.7 Å². The molecule has 25 heavy (non-hydrogen) atoms. The predicted molar refractivity (Wildman–Crippen MR) is 90.5 cm³/mol. The summed E-state index contributed by atoms with van der Waals surface area (Å²) in [4.78, 5) is 8.87. The summed E-state index contributed by atoms with van der Waals surface area (Å²) in [5.41, 5.74) is 2.57. The van der Waals surface area contributed by atoms with Crippen LogP contribution in [0.4, 0.5) is 4.39 Å². The molecule has 2 heterocycles. The maximum Gasteiger partial charge on any atom is 0.264 e. The van der Waals surface area contributed by atoms with E-state index in [1.54, 1.807) is 18.2 Å².